The van der Waals surface area contributed by atoms with Gasteiger partial charge in [0.2, 0.25) is 0 Å². The molecule has 0 aliphatic carbocycles. The number of rotatable bonds is 5. The van der Waals surface area contributed by atoms with Gasteiger partial charge < -0.3 is 5.11 Å². The molecule has 0 bridgehead atoms. The second kappa shape index (κ2) is 5.16. The van der Waals surface area contributed by atoms with Gasteiger partial charge in [-0.25, -0.2) is 0 Å². The fourth-order valence-electron chi connectivity index (χ4n) is 1.11. The van der Waals surface area contributed by atoms with E-state index < -0.39 is 11.5 Å². The van der Waals surface area contributed by atoms with Crippen LogP contribution in [0.25, 0.3) is 0 Å². The predicted octanol–water partition coefficient (Wildman–Crippen LogP) is 2.48. The normalized spacial score (nSPS) is 17.9. The minimum absolute atomic E-state index is 0.465. The van der Waals surface area contributed by atoms with Gasteiger partial charge in [-0.3, -0.25) is 0 Å². The lowest BCUT2D eigenvalue weighted by Crippen LogP contribution is -2.30. The molecule has 0 heterocycles. The molecule has 12 heavy (non-hydrogen) atoms. The fourth-order valence-corrected chi connectivity index (χ4v) is 1.11. The summed E-state index contributed by atoms with van der Waals surface area (Å²) in [4.78, 5) is 0. The van der Waals surface area contributed by atoms with Gasteiger partial charge >= 0.3 is 0 Å². The summed E-state index contributed by atoms with van der Waals surface area (Å²) < 4.78 is 0. The second-order valence-electron chi connectivity index (χ2n) is 3.54. The molecule has 0 amide bonds. The Morgan fingerprint density at radius 1 is 1.50 bits per heavy atom. The van der Waals surface area contributed by atoms with Crippen LogP contribution in [0.4, 0.5) is 0 Å². The van der Waals surface area contributed by atoms with Crippen LogP contribution in [0.3, 0.4) is 0 Å². The highest BCUT2D eigenvalue weighted by Gasteiger charge is 2.30. The van der Waals surface area contributed by atoms with E-state index in [2.05, 4.69) is 13.0 Å². The Bertz CT molecular complexity index is 162. The highest BCUT2D eigenvalue weighted by Crippen LogP contribution is 2.27. The van der Waals surface area contributed by atoms with Crippen molar-refractivity contribution in [2.45, 2.75) is 52.6 Å². The van der Waals surface area contributed by atoms with Gasteiger partial charge in [-0.15, -0.1) is 0 Å². The third-order valence-corrected chi connectivity index (χ3v) is 2.56. The molecule has 0 saturated heterocycles. The lowest BCUT2D eigenvalue weighted by Gasteiger charge is -2.25. The van der Waals surface area contributed by atoms with Crippen molar-refractivity contribution < 1.29 is 5.11 Å². The molecular formula is C10H19NO. The Labute approximate surface area is 75.2 Å². The Morgan fingerprint density at radius 3 is 2.42 bits per heavy atom. The van der Waals surface area contributed by atoms with Gasteiger partial charge in [0, 0.05) is 0 Å². The molecule has 0 saturated carbocycles. The first-order chi connectivity index (χ1) is 5.60. The van der Waals surface area contributed by atoms with Crippen molar-refractivity contribution in [2.75, 3.05) is 0 Å². The summed E-state index contributed by atoms with van der Waals surface area (Å²) in [5.41, 5.74) is -0.546. The van der Waals surface area contributed by atoms with Crippen LogP contribution in [-0.4, -0.2) is 11.2 Å². The Balaban J connectivity index is 4.05. The summed E-state index contributed by atoms with van der Waals surface area (Å²) in [7, 11) is 0. The average Bonchev–Trinajstić information content (AvgIpc) is 2.12. The first-order valence-electron chi connectivity index (χ1n) is 4.70. The molecule has 0 radical (unpaired) electrons. The lowest BCUT2D eigenvalue weighted by molar-refractivity contribution is 0.0628. The van der Waals surface area contributed by atoms with Crippen LogP contribution in [0.5, 0.6) is 0 Å². The maximum atomic E-state index is 9.68. The van der Waals surface area contributed by atoms with E-state index in [9.17, 15) is 5.11 Å². The lowest BCUT2D eigenvalue weighted by atomic mass is 9.81. The van der Waals surface area contributed by atoms with Gasteiger partial charge in [0.25, 0.3) is 0 Å². The Hall–Kier alpha value is -0.550. The SMILES string of the molecule is CCCCC(O)C(C)(C#N)CC. The number of aliphatic hydroxyl groups excluding tert-OH is 1. The van der Waals surface area contributed by atoms with E-state index >= 15 is 0 Å². The van der Waals surface area contributed by atoms with E-state index in [0.29, 0.717) is 6.42 Å². The summed E-state index contributed by atoms with van der Waals surface area (Å²) in [6, 6.07) is 2.19. The quantitative estimate of drug-likeness (QED) is 0.687. The van der Waals surface area contributed by atoms with Crippen molar-refractivity contribution in [2.24, 2.45) is 5.41 Å². The molecule has 0 aliphatic rings. The smallest absolute Gasteiger partial charge is 0.0801 e. The monoisotopic (exact) mass is 169 g/mol. The molecule has 2 heteroatoms. The Morgan fingerprint density at radius 2 is 2.08 bits per heavy atom. The summed E-state index contributed by atoms with van der Waals surface area (Å²) in [5.74, 6) is 0. The van der Waals surface area contributed by atoms with Crippen molar-refractivity contribution in [1.29, 1.82) is 5.26 Å². The molecule has 0 aromatic carbocycles. The van der Waals surface area contributed by atoms with Gasteiger partial charge in [0.05, 0.1) is 17.6 Å². The zero-order valence-electron chi connectivity index (χ0n) is 8.30. The standard InChI is InChI=1S/C10H19NO/c1-4-6-7-9(12)10(3,5-2)8-11/h9,12H,4-7H2,1-3H3. The molecule has 0 rings (SSSR count). The molecule has 2 unspecified atom stereocenters. The fraction of sp³-hybridized carbons (Fsp3) is 0.900. The van der Waals surface area contributed by atoms with Gasteiger partial charge in [0.15, 0.2) is 0 Å². The summed E-state index contributed by atoms with van der Waals surface area (Å²) in [5, 5.41) is 18.5. The summed E-state index contributed by atoms with van der Waals surface area (Å²) in [6.45, 7) is 5.86. The molecule has 0 spiro atoms. The highest BCUT2D eigenvalue weighted by atomic mass is 16.3. The van der Waals surface area contributed by atoms with E-state index in [0.717, 1.165) is 19.3 Å². The zero-order chi connectivity index (χ0) is 9.61. The van der Waals surface area contributed by atoms with Crippen molar-refractivity contribution >= 4 is 0 Å². The number of hydrogen-bond donors (Lipinski definition) is 1. The summed E-state index contributed by atoms with van der Waals surface area (Å²) in [6.07, 6.45) is 3.07. The molecule has 0 aliphatic heterocycles. The maximum absolute atomic E-state index is 9.68. The van der Waals surface area contributed by atoms with Crippen LogP contribution in [0.2, 0.25) is 0 Å². The second-order valence-corrected chi connectivity index (χ2v) is 3.54. The van der Waals surface area contributed by atoms with Gasteiger partial charge in [-0.1, -0.05) is 26.7 Å². The van der Waals surface area contributed by atoms with Gasteiger partial charge in [-0.2, -0.15) is 5.26 Å². The zero-order valence-corrected chi connectivity index (χ0v) is 8.30. The van der Waals surface area contributed by atoms with Gasteiger partial charge in [-0.05, 0) is 19.8 Å². The topological polar surface area (TPSA) is 44.0 Å². The van der Waals surface area contributed by atoms with Crippen molar-refractivity contribution in [1.82, 2.24) is 0 Å². The molecule has 70 valence electrons. The van der Waals surface area contributed by atoms with Gasteiger partial charge in [0.1, 0.15) is 0 Å². The number of unbranched alkanes of at least 4 members (excludes halogenated alkanes) is 1. The van der Waals surface area contributed by atoms with Crippen LogP contribution in [0.1, 0.15) is 46.5 Å². The van der Waals surface area contributed by atoms with E-state index in [-0.39, 0.29) is 0 Å². The van der Waals surface area contributed by atoms with Crippen molar-refractivity contribution in [3.8, 4) is 6.07 Å². The first-order valence-corrected chi connectivity index (χ1v) is 4.70. The minimum Gasteiger partial charge on any atom is -0.391 e. The molecule has 2 nitrogen and oxygen atoms in total. The highest BCUT2D eigenvalue weighted by molar-refractivity contribution is 4.99. The molecule has 1 N–H and O–H groups in total. The van der Waals surface area contributed by atoms with Crippen LogP contribution < -0.4 is 0 Å². The summed E-state index contributed by atoms with van der Waals surface area (Å²) >= 11 is 0. The molecule has 0 fully saturated rings. The number of aliphatic hydroxyl groups is 1. The van der Waals surface area contributed by atoms with E-state index in [1.54, 1.807) is 0 Å². The van der Waals surface area contributed by atoms with E-state index in [4.69, 9.17) is 5.26 Å². The number of nitrogens with zero attached hydrogens (tertiary/aromatic N) is 1. The number of hydrogen-bond acceptors (Lipinski definition) is 2. The average molecular weight is 169 g/mol. The minimum atomic E-state index is -0.546. The van der Waals surface area contributed by atoms with Crippen molar-refractivity contribution in [3.05, 3.63) is 0 Å². The molecule has 0 aromatic rings. The van der Waals surface area contributed by atoms with Crippen LogP contribution in [-0.2, 0) is 0 Å². The maximum Gasteiger partial charge on any atom is 0.0801 e. The van der Waals surface area contributed by atoms with E-state index in [1.807, 2.05) is 13.8 Å². The molecular weight excluding hydrogens is 150 g/mol. The predicted molar refractivity (Wildman–Crippen MR) is 49.5 cm³/mol. The third kappa shape index (κ3) is 2.83. The van der Waals surface area contributed by atoms with Crippen LogP contribution in [0.15, 0.2) is 0 Å². The molecule has 2 atom stereocenters. The molecule has 0 aromatic heterocycles. The largest absolute Gasteiger partial charge is 0.391 e. The van der Waals surface area contributed by atoms with Crippen LogP contribution in [0, 0.1) is 16.7 Å². The first kappa shape index (κ1) is 11.4. The van der Waals surface area contributed by atoms with Crippen molar-refractivity contribution in [3.63, 3.8) is 0 Å². The van der Waals surface area contributed by atoms with Crippen LogP contribution >= 0.6 is 0 Å². The third-order valence-electron chi connectivity index (χ3n) is 2.56. The number of nitriles is 1. The Kier molecular flexibility index (Phi) is 4.92. The van der Waals surface area contributed by atoms with E-state index in [1.165, 1.54) is 0 Å².